The molecule has 5 rings (SSSR count). The smallest absolute Gasteiger partial charge is 0.262 e. The number of fused-ring (bicyclic) bond motifs is 2. The fourth-order valence-electron chi connectivity index (χ4n) is 6.24. The van der Waals surface area contributed by atoms with Gasteiger partial charge in [0, 0.05) is 25.0 Å². The van der Waals surface area contributed by atoms with E-state index in [9.17, 15) is 19.2 Å². The van der Waals surface area contributed by atoms with Crippen LogP contribution in [-0.4, -0.2) is 58.1 Å². The molecule has 4 atom stereocenters. The van der Waals surface area contributed by atoms with Crippen LogP contribution in [0.4, 0.5) is 0 Å². The predicted molar refractivity (Wildman–Crippen MR) is 112 cm³/mol. The Hall–Kier alpha value is -2.58. The molecule has 1 aromatic rings. The molecule has 4 amide bonds. The van der Waals surface area contributed by atoms with Crippen LogP contribution >= 0.6 is 0 Å². The first-order chi connectivity index (χ1) is 14.7. The molecule has 0 bridgehead atoms. The van der Waals surface area contributed by atoms with Crippen LogP contribution < -0.4 is 11.1 Å². The van der Waals surface area contributed by atoms with Gasteiger partial charge in [0.25, 0.3) is 11.8 Å². The minimum absolute atomic E-state index is 0.00161. The number of nitrogens with zero attached hydrogens (tertiary/aromatic N) is 2. The summed E-state index contributed by atoms with van der Waals surface area (Å²) in [5.74, 6) is -1.41. The van der Waals surface area contributed by atoms with Gasteiger partial charge in [-0.15, -0.1) is 0 Å². The van der Waals surface area contributed by atoms with E-state index >= 15 is 0 Å². The number of imide groups is 2. The summed E-state index contributed by atoms with van der Waals surface area (Å²) in [6.45, 7) is 5.90. The Labute approximate surface area is 181 Å². The molecule has 0 aromatic heterocycles. The molecule has 3 heterocycles. The van der Waals surface area contributed by atoms with E-state index in [0.29, 0.717) is 29.6 Å². The van der Waals surface area contributed by atoms with Crippen LogP contribution in [0.15, 0.2) is 18.2 Å². The third kappa shape index (κ3) is 2.88. The number of nitrogens with one attached hydrogen (secondary N) is 1. The normalized spacial score (nSPS) is 32.4. The molecule has 8 heteroatoms. The number of nitrogens with two attached hydrogens (primary N) is 1. The number of carbonyl (C=O) groups is 4. The molecule has 1 aliphatic carbocycles. The van der Waals surface area contributed by atoms with Crippen LogP contribution in [0.5, 0.6) is 0 Å². The number of amides is 4. The Morgan fingerprint density at radius 3 is 2.65 bits per heavy atom. The summed E-state index contributed by atoms with van der Waals surface area (Å²) in [5.41, 5.74) is 7.96. The summed E-state index contributed by atoms with van der Waals surface area (Å²) >= 11 is 0. The van der Waals surface area contributed by atoms with Gasteiger partial charge >= 0.3 is 0 Å². The molecule has 3 aliphatic heterocycles. The van der Waals surface area contributed by atoms with Crippen molar-refractivity contribution in [2.75, 3.05) is 6.54 Å². The standard InChI is InChI=1S/C23H28N4O4/c1-23(2)18(24)14-7-4-10-26(19(14)23)11-12-5-3-6-13-17(12)22(31)27(21(13)30)15-8-9-16(28)25-20(15)29/h3,5-6,14-15,18-19H,4,7-11,24H2,1-2H3,(H,25,28,29). The Balaban J connectivity index is 1.44. The topological polar surface area (TPSA) is 113 Å². The van der Waals surface area contributed by atoms with Crippen molar-refractivity contribution in [3.05, 3.63) is 34.9 Å². The van der Waals surface area contributed by atoms with Crippen LogP contribution in [0.1, 0.15) is 65.8 Å². The zero-order valence-corrected chi connectivity index (χ0v) is 17.9. The molecule has 31 heavy (non-hydrogen) atoms. The quantitative estimate of drug-likeness (QED) is 0.701. The molecule has 0 spiro atoms. The second-order valence-corrected chi connectivity index (χ2v) is 9.86. The number of benzene rings is 1. The molecule has 0 radical (unpaired) electrons. The molecule has 1 saturated carbocycles. The monoisotopic (exact) mass is 424 g/mol. The average Bonchev–Trinajstić information content (AvgIpc) is 2.99. The van der Waals surface area contributed by atoms with Crippen molar-refractivity contribution in [1.29, 1.82) is 0 Å². The Morgan fingerprint density at radius 2 is 1.90 bits per heavy atom. The van der Waals surface area contributed by atoms with E-state index in [4.69, 9.17) is 5.73 Å². The predicted octanol–water partition coefficient (Wildman–Crippen LogP) is 1.04. The largest absolute Gasteiger partial charge is 0.327 e. The lowest BCUT2D eigenvalue weighted by molar-refractivity contribution is -0.136. The van der Waals surface area contributed by atoms with Gasteiger partial charge in [-0.05, 0) is 48.8 Å². The number of rotatable bonds is 3. The second-order valence-electron chi connectivity index (χ2n) is 9.86. The first-order valence-electron chi connectivity index (χ1n) is 11.0. The van der Waals surface area contributed by atoms with Gasteiger partial charge in [0.1, 0.15) is 6.04 Å². The summed E-state index contributed by atoms with van der Waals surface area (Å²) in [6.07, 6.45) is 2.46. The van der Waals surface area contributed by atoms with Crippen molar-refractivity contribution >= 4 is 23.6 Å². The van der Waals surface area contributed by atoms with Gasteiger partial charge in [-0.3, -0.25) is 34.3 Å². The average molecular weight is 425 g/mol. The lowest BCUT2D eigenvalue weighted by Crippen LogP contribution is -2.72. The number of hydrogen-bond acceptors (Lipinski definition) is 6. The van der Waals surface area contributed by atoms with E-state index in [-0.39, 0.29) is 30.2 Å². The van der Waals surface area contributed by atoms with E-state index in [1.807, 2.05) is 6.07 Å². The molecule has 4 aliphatic rings. The van der Waals surface area contributed by atoms with Gasteiger partial charge in [-0.25, -0.2) is 0 Å². The van der Waals surface area contributed by atoms with E-state index in [1.165, 1.54) is 0 Å². The van der Waals surface area contributed by atoms with Gasteiger partial charge in [0.15, 0.2) is 0 Å². The summed E-state index contributed by atoms with van der Waals surface area (Å²) in [7, 11) is 0. The van der Waals surface area contributed by atoms with Gasteiger partial charge in [-0.1, -0.05) is 26.0 Å². The van der Waals surface area contributed by atoms with Gasteiger partial charge in [-0.2, -0.15) is 0 Å². The summed E-state index contributed by atoms with van der Waals surface area (Å²) < 4.78 is 0. The first kappa shape index (κ1) is 20.3. The zero-order chi connectivity index (χ0) is 22.1. The Morgan fingerprint density at radius 1 is 1.13 bits per heavy atom. The van der Waals surface area contributed by atoms with Crippen LogP contribution in [0.25, 0.3) is 0 Å². The molecular formula is C23H28N4O4. The number of hydrogen-bond donors (Lipinski definition) is 2. The fourth-order valence-corrected chi connectivity index (χ4v) is 6.24. The highest BCUT2D eigenvalue weighted by atomic mass is 16.2. The molecule has 4 unspecified atom stereocenters. The van der Waals surface area contributed by atoms with Crippen LogP contribution in [0, 0.1) is 11.3 Å². The lowest BCUT2D eigenvalue weighted by Gasteiger charge is -2.63. The molecule has 2 saturated heterocycles. The van der Waals surface area contributed by atoms with E-state index < -0.39 is 23.8 Å². The number of likely N-dealkylation sites (tertiary alicyclic amines) is 1. The Bertz CT molecular complexity index is 1000. The molecule has 1 aromatic carbocycles. The molecular weight excluding hydrogens is 396 g/mol. The maximum atomic E-state index is 13.3. The van der Waals surface area contributed by atoms with Crippen LogP contribution in [0.3, 0.4) is 0 Å². The van der Waals surface area contributed by atoms with Crippen molar-refractivity contribution in [1.82, 2.24) is 15.1 Å². The Kier molecular flexibility index (Phi) is 4.57. The maximum Gasteiger partial charge on any atom is 0.262 e. The number of carbonyl (C=O) groups excluding carboxylic acids is 4. The molecule has 8 nitrogen and oxygen atoms in total. The first-order valence-corrected chi connectivity index (χ1v) is 11.0. The van der Waals surface area contributed by atoms with Crippen molar-refractivity contribution in [3.8, 4) is 0 Å². The van der Waals surface area contributed by atoms with Gasteiger partial charge in [0.05, 0.1) is 11.1 Å². The zero-order valence-electron chi connectivity index (χ0n) is 17.9. The van der Waals surface area contributed by atoms with Crippen molar-refractivity contribution < 1.29 is 19.2 Å². The summed E-state index contributed by atoms with van der Waals surface area (Å²) in [6, 6.07) is 4.92. The van der Waals surface area contributed by atoms with Crippen LogP contribution in [0.2, 0.25) is 0 Å². The maximum absolute atomic E-state index is 13.3. The second kappa shape index (κ2) is 6.97. The third-order valence-corrected chi connectivity index (χ3v) is 7.79. The number of piperidine rings is 2. The van der Waals surface area contributed by atoms with Crippen molar-refractivity contribution in [2.45, 2.75) is 64.2 Å². The van der Waals surface area contributed by atoms with E-state index in [1.54, 1.807) is 12.1 Å². The summed E-state index contributed by atoms with van der Waals surface area (Å²) in [4.78, 5) is 53.7. The van der Waals surface area contributed by atoms with Crippen molar-refractivity contribution in [3.63, 3.8) is 0 Å². The third-order valence-electron chi connectivity index (χ3n) is 7.79. The van der Waals surface area contributed by atoms with Crippen LogP contribution in [-0.2, 0) is 16.1 Å². The van der Waals surface area contributed by atoms with Gasteiger partial charge in [0.2, 0.25) is 11.8 Å². The summed E-state index contributed by atoms with van der Waals surface area (Å²) in [5, 5.41) is 2.24. The highest BCUT2D eigenvalue weighted by Crippen LogP contribution is 2.51. The van der Waals surface area contributed by atoms with Gasteiger partial charge < -0.3 is 5.73 Å². The highest BCUT2D eigenvalue weighted by molar-refractivity contribution is 6.24. The van der Waals surface area contributed by atoms with Crippen molar-refractivity contribution in [2.24, 2.45) is 17.1 Å². The minimum Gasteiger partial charge on any atom is -0.327 e. The van der Waals surface area contributed by atoms with E-state index in [0.717, 1.165) is 29.8 Å². The fraction of sp³-hybridized carbons (Fsp3) is 0.565. The molecule has 3 N–H and O–H groups in total. The lowest BCUT2D eigenvalue weighted by atomic mass is 9.53. The SMILES string of the molecule is CC1(C)C(N)C2CCCN(Cc3cccc4c3C(=O)N(C3CCC(=O)NC3=O)C4=O)C21. The molecule has 164 valence electrons. The minimum atomic E-state index is -0.944. The highest BCUT2D eigenvalue weighted by Gasteiger charge is 2.57. The van der Waals surface area contributed by atoms with E-state index in [2.05, 4.69) is 24.1 Å². The molecule has 3 fully saturated rings.